The Kier molecular flexibility index (Phi) is 4.13. The molecule has 1 aliphatic rings. The van der Waals surface area contributed by atoms with E-state index in [1.165, 1.54) is 0 Å². The van der Waals surface area contributed by atoms with Crippen LogP contribution < -0.4 is 10.1 Å². The topological polar surface area (TPSA) is 46.5 Å². The molecule has 5 heteroatoms. The zero-order valence-electron chi connectivity index (χ0n) is 14.8. The molecule has 1 aliphatic heterocycles. The Morgan fingerprint density at radius 1 is 1.08 bits per heavy atom. The van der Waals surface area contributed by atoms with Crippen molar-refractivity contribution >= 4 is 11.7 Å². The number of anilines is 1. The third kappa shape index (κ3) is 2.71. The van der Waals surface area contributed by atoms with Gasteiger partial charge in [0.25, 0.3) is 0 Å². The van der Waals surface area contributed by atoms with Crippen LogP contribution in [-0.2, 0) is 6.54 Å². The van der Waals surface area contributed by atoms with E-state index in [1.807, 2.05) is 53.6 Å². The molecule has 0 saturated heterocycles. The molecule has 0 spiro atoms. The van der Waals surface area contributed by atoms with Crippen LogP contribution in [0.3, 0.4) is 0 Å². The second-order valence-electron chi connectivity index (χ2n) is 6.37. The average Bonchev–Trinajstić information content (AvgIpc) is 3.12. The highest BCUT2D eigenvalue weighted by atomic mass is 16.5. The molecule has 5 nitrogen and oxygen atoms in total. The van der Waals surface area contributed by atoms with Gasteiger partial charge in [-0.05, 0) is 42.8 Å². The highest BCUT2D eigenvalue weighted by Crippen LogP contribution is 2.33. The molecule has 0 radical (unpaired) electrons. The monoisotopic (exact) mass is 347 g/mol. The van der Waals surface area contributed by atoms with Crippen LogP contribution in [0.2, 0.25) is 0 Å². The minimum atomic E-state index is -0.147. The molecule has 3 aromatic rings. The Hall–Kier alpha value is -3.21. The molecule has 1 atom stereocenters. The number of amides is 2. The number of hydrogen-bond acceptors (Lipinski definition) is 2. The molecule has 26 heavy (non-hydrogen) atoms. The van der Waals surface area contributed by atoms with Crippen LogP contribution in [-0.4, -0.2) is 22.6 Å². The van der Waals surface area contributed by atoms with Gasteiger partial charge in [-0.25, -0.2) is 4.79 Å². The van der Waals surface area contributed by atoms with Gasteiger partial charge in [0.2, 0.25) is 0 Å². The molecule has 0 unspecified atom stereocenters. The molecule has 0 saturated carbocycles. The van der Waals surface area contributed by atoms with Crippen LogP contribution >= 0.6 is 0 Å². The maximum Gasteiger partial charge on any atom is 0.322 e. The number of nitrogens with one attached hydrogen (secondary N) is 1. The molecular weight excluding hydrogens is 326 g/mol. The predicted molar refractivity (Wildman–Crippen MR) is 102 cm³/mol. The van der Waals surface area contributed by atoms with Crippen LogP contribution in [0.25, 0.3) is 5.69 Å². The number of para-hydroxylation sites is 3. The van der Waals surface area contributed by atoms with E-state index in [-0.39, 0.29) is 12.1 Å². The van der Waals surface area contributed by atoms with Crippen molar-refractivity contribution in [2.75, 3.05) is 12.4 Å². The fourth-order valence-corrected chi connectivity index (χ4v) is 3.50. The lowest BCUT2D eigenvalue weighted by molar-refractivity contribution is 0.189. The summed E-state index contributed by atoms with van der Waals surface area (Å²) in [5.74, 6) is 0.645. The Morgan fingerprint density at radius 3 is 2.69 bits per heavy atom. The SMILES string of the molecule is COc1ccccc1NC(=O)N1Cc2ccccc2-n2cccc2[C@@H]1C. The first-order valence-electron chi connectivity index (χ1n) is 8.65. The third-order valence-corrected chi connectivity index (χ3v) is 4.88. The number of hydrogen-bond donors (Lipinski definition) is 1. The van der Waals surface area contributed by atoms with Crippen molar-refractivity contribution in [3.8, 4) is 11.4 Å². The highest BCUT2D eigenvalue weighted by molar-refractivity contribution is 5.91. The number of carbonyl (C=O) groups is 1. The molecule has 2 heterocycles. The Labute approximate surface area is 152 Å². The van der Waals surface area contributed by atoms with E-state index in [0.717, 1.165) is 16.9 Å². The molecule has 2 aromatic carbocycles. The van der Waals surface area contributed by atoms with Crippen molar-refractivity contribution in [3.05, 3.63) is 78.1 Å². The molecule has 1 aromatic heterocycles. The minimum Gasteiger partial charge on any atom is -0.495 e. The Morgan fingerprint density at radius 2 is 1.85 bits per heavy atom. The normalized spacial score (nSPS) is 15.6. The van der Waals surface area contributed by atoms with E-state index in [9.17, 15) is 4.79 Å². The van der Waals surface area contributed by atoms with Crippen molar-refractivity contribution in [1.29, 1.82) is 0 Å². The summed E-state index contributed by atoms with van der Waals surface area (Å²) in [6.45, 7) is 2.60. The largest absolute Gasteiger partial charge is 0.495 e. The zero-order valence-corrected chi connectivity index (χ0v) is 14.8. The molecule has 4 rings (SSSR count). The van der Waals surface area contributed by atoms with E-state index >= 15 is 0 Å². The van der Waals surface area contributed by atoms with E-state index in [0.29, 0.717) is 18.0 Å². The summed E-state index contributed by atoms with van der Waals surface area (Å²) < 4.78 is 7.51. The lowest BCUT2D eigenvalue weighted by Gasteiger charge is -2.28. The van der Waals surface area contributed by atoms with Gasteiger partial charge < -0.3 is 19.5 Å². The first kappa shape index (κ1) is 16.3. The lowest BCUT2D eigenvalue weighted by Crippen LogP contribution is -2.36. The van der Waals surface area contributed by atoms with Crippen molar-refractivity contribution in [2.45, 2.75) is 19.5 Å². The number of carbonyl (C=O) groups excluding carboxylic acids is 1. The van der Waals surface area contributed by atoms with Gasteiger partial charge in [0.15, 0.2) is 0 Å². The quantitative estimate of drug-likeness (QED) is 0.737. The second kappa shape index (κ2) is 6.59. The molecule has 1 N–H and O–H groups in total. The first-order chi connectivity index (χ1) is 12.7. The van der Waals surface area contributed by atoms with Gasteiger partial charge in [0.1, 0.15) is 5.75 Å². The number of benzene rings is 2. The van der Waals surface area contributed by atoms with E-state index < -0.39 is 0 Å². The number of nitrogens with zero attached hydrogens (tertiary/aromatic N) is 2. The smallest absolute Gasteiger partial charge is 0.322 e. The van der Waals surface area contributed by atoms with Crippen molar-refractivity contribution in [3.63, 3.8) is 0 Å². The standard InChI is InChI=1S/C21H21N3O2/c1-15-18-11-7-13-23(18)19-10-5-3-8-16(19)14-24(15)21(25)22-17-9-4-6-12-20(17)26-2/h3-13,15H,14H2,1-2H3,(H,22,25)/t15-/m0/s1. The number of urea groups is 1. The molecule has 0 fully saturated rings. The van der Waals surface area contributed by atoms with E-state index in [4.69, 9.17) is 4.74 Å². The molecule has 0 bridgehead atoms. The van der Waals surface area contributed by atoms with Gasteiger partial charge in [0.05, 0.1) is 31.1 Å². The van der Waals surface area contributed by atoms with Crippen LogP contribution in [0, 0.1) is 0 Å². The Bertz CT molecular complexity index is 948. The van der Waals surface area contributed by atoms with Crippen LogP contribution in [0.4, 0.5) is 10.5 Å². The summed E-state index contributed by atoms with van der Waals surface area (Å²) >= 11 is 0. The van der Waals surface area contributed by atoms with E-state index in [1.54, 1.807) is 7.11 Å². The third-order valence-electron chi connectivity index (χ3n) is 4.88. The first-order valence-corrected chi connectivity index (χ1v) is 8.65. The number of rotatable bonds is 2. The highest BCUT2D eigenvalue weighted by Gasteiger charge is 2.28. The van der Waals surface area contributed by atoms with Gasteiger partial charge in [-0.1, -0.05) is 30.3 Å². The molecule has 132 valence electrons. The lowest BCUT2D eigenvalue weighted by atomic mass is 10.1. The van der Waals surface area contributed by atoms with Crippen molar-refractivity contribution in [2.24, 2.45) is 0 Å². The fourth-order valence-electron chi connectivity index (χ4n) is 3.50. The van der Waals surface area contributed by atoms with Gasteiger partial charge in [-0.3, -0.25) is 0 Å². The minimum absolute atomic E-state index is 0.0629. The molecule has 0 aliphatic carbocycles. The maximum atomic E-state index is 13.1. The number of methoxy groups -OCH3 is 1. The van der Waals surface area contributed by atoms with Crippen molar-refractivity contribution in [1.82, 2.24) is 9.47 Å². The predicted octanol–water partition coefficient (Wildman–Crippen LogP) is 4.59. The summed E-state index contributed by atoms with van der Waals surface area (Å²) in [5.41, 5.74) is 3.99. The summed E-state index contributed by atoms with van der Waals surface area (Å²) in [5, 5.41) is 3.00. The van der Waals surface area contributed by atoms with Gasteiger partial charge in [0, 0.05) is 11.9 Å². The zero-order chi connectivity index (χ0) is 18.1. The van der Waals surface area contributed by atoms with Crippen molar-refractivity contribution < 1.29 is 9.53 Å². The Balaban J connectivity index is 1.70. The number of aromatic nitrogens is 1. The molecule has 2 amide bonds. The molecular formula is C21H21N3O2. The van der Waals surface area contributed by atoms with Crippen LogP contribution in [0.15, 0.2) is 66.9 Å². The maximum absolute atomic E-state index is 13.1. The average molecular weight is 347 g/mol. The van der Waals surface area contributed by atoms with Gasteiger partial charge >= 0.3 is 6.03 Å². The summed E-state index contributed by atoms with van der Waals surface area (Å²) in [6.07, 6.45) is 2.05. The van der Waals surface area contributed by atoms with E-state index in [2.05, 4.69) is 35.0 Å². The van der Waals surface area contributed by atoms with Gasteiger partial charge in [-0.2, -0.15) is 0 Å². The summed E-state index contributed by atoms with van der Waals surface area (Å²) in [7, 11) is 1.60. The van der Waals surface area contributed by atoms with Gasteiger partial charge in [-0.15, -0.1) is 0 Å². The summed E-state index contributed by atoms with van der Waals surface area (Å²) in [6, 6.07) is 19.5. The number of fused-ring (bicyclic) bond motifs is 3. The summed E-state index contributed by atoms with van der Waals surface area (Å²) in [4.78, 5) is 14.9. The second-order valence-corrected chi connectivity index (χ2v) is 6.37. The van der Waals surface area contributed by atoms with Crippen LogP contribution in [0.1, 0.15) is 24.2 Å². The van der Waals surface area contributed by atoms with Crippen LogP contribution in [0.5, 0.6) is 5.75 Å². The fraction of sp³-hybridized carbons (Fsp3) is 0.190. The number of ether oxygens (including phenoxy) is 1.